The minimum absolute atomic E-state index is 0.225. The number of nitrogens with zero attached hydrogens (tertiary/aromatic N) is 1. The first-order valence-corrected chi connectivity index (χ1v) is 8.47. The lowest BCUT2D eigenvalue weighted by Crippen LogP contribution is -2.39. The fourth-order valence-corrected chi connectivity index (χ4v) is 3.14. The summed E-state index contributed by atoms with van der Waals surface area (Å²) in [7, 11) is 0. The van der Waals surface area contributed by atoms with Gasteiger partial charge in [-0.25, -0.2) is 0 Å². The van der Waals surface area contributed by atoms with Crippen LogP contribution in [0.3, 0.4) is 0 Å². The summed E-state index contributed by atoms with van der Waals surface area (Å²) in [5.41, 5.74) is 1.42. The Morgan fingerprint density at radius 1 is 1.28 bits per heavy atom. The molecular formula is C14H17BrINO. The van der Waals surface area contributed by atoms with Crippen molar-refractivity contribution in [1.82, 2.24) is 4.90 Å². The van der Waals surface area contributed by atoms with Gasteiger partial charge in [-0.3, -0.25) is 4.79 Å². The van der Waals surface area contributed by atoms with Crippen LogP contribution in [0.1, 0.15) is 18.4 Å². The monoisotopic (exact) mass is 421 g/mol. The third kappa shape index (κ3) is 3.95. The molecule has 0 N–H and O–H groups in total. The van der Waals surface area contributed by atoms with E-state index < -0.39 is 0 Å². The van der Waals surface area contributed by atoms with Crippen molar-refractivity contribution in [2.24, 2.45) is 5.92 Å². The van der Waals surface area contributed by atoms with Crippen LogP contribution in [0.15, 0.2) is 24.3 Å². The normalized spacial score (nSPS) is 16.9. The molecule has 2 nitrogen and oxygen atoms in total. The Balaban J connectivity index is 1.83. The molecule has 0 bridgehead atoms. The molecule has 0 spiro atoms. The number of carbonyl (C=O) groups is 1. The van der Waals surface area contributed by atoms with Crippen molar-refractivity contribution in [1.29, 1.82) is 0 Å². The molecule has 0 aromatic heterocycles. The molecule has 98 valence electrons. The average molecular weight is 422 g/mol. The number of rotatable bonds is 3. The van der Waals surface area contributed by atoms with Crippen LogP contribution in [0, 0.1) is 9.49 Å². The molecule has 1 fully saturated rings. The zero-order valence-corrected chi connectivity index (χ0v) is 14.0. The lowest BCUT2D eigenvalue weighted by molar-refractivity contribution is -0.129. The molecule has 0 unspecified atom stereocenters. The highest BCUT2D eigenvalue weighted by molar-refractivity contribution is 14.1. The number of carbonyl (C=O) groups excluding carboxylic acids is 1. The summed E-state index contributed by atoms with van der Waals surface area (Å²) in [5.74, 6) is 0.951. The second-order valence-corrected chi connectivity index (χ2v) is 6.59. The van der Waals surface area contributed by atoms with Gasteiger partial charge in [0.2, 0.25) is 5.91 Å². The summed E-state index contributed by atoms with van der Waals surface area (Å²) < 4.78 is 1.29. The van der Waals surface area contributed by atoms with Gasteiger partial charge in [0.25, 0.3) is 0 Å². The highest BCUT2D eigenvalue weighted by Gasteiger charge is 2.22. The van der Waals surface area contributed by atoms with Gasteiger partial charge >= 0.3 is 0 Å². The largest absolute Gasteiger partial charge is 0.342 e. The molecule has 0 saturated carbocycles. The highest BCUT2D eigenvalue weighted by Crippen LogP contribution is 2.22. The van der Waals surface area contributed by atoms with Gasteiger partial charge in [0.05, 0.1) is 5.33 Å². The van der Waals surface area contributed by atoms with Crippen LogP contribution in [0.25, 0.3) is 0 Å². The van der Waals surface area contributed by atoms with Gasteiger partial charge < -0.3 is 4.90 Å². The molecule has 1 aliphatic heterocycles. The Hall–Kier alpha value is -0.100. The SMILES string of the molecule is O=C(CBr)N1CCC(Cc2ccc(I)cc2)CC1. The molecule has 1 aromatic rings. The van der Waals surface area contributed by atoms with E-state index in [2.05, 4.69) is 62.8 Å². The zero-order chi connectivity index (χ0) is 13.0. The Morgan fingerprint density at radius 2 is 1.89 bits per heavy atom. The van der Waals surface area contributed by atoms with Gasteiger partial charge in [-0.1, -0.05) is 28.1 Å². The number of piperidine rings is 1. The molecule has 2 rings (SSSR count). The quantitative estimate of drug-likeness (QED) is 0.540. The second-order valence-electron chi connectivity index (χ2n) is 4.79. The maximum absolute atomic E-state index is 11.5. The smallest absolute Gasteiger partial charge is 0.233 e. The first-order valence-electron chi connectivity index (χ1n) is 6.27. The van der Waals surface area contributed by atoms with E-state index in [4.69, 9.17) is 0 Å². The van der Waals surface area contributed by atoms with Crippen LogP contribution in [-0.4, -0.2) is 29.2 Å². The minimum Gasteiger partial charge on any atom is -0.342 e. The van der Waals surface area contributed by atoms with E-state index in [1.54, 1.807) is 0 Å². The molecule has 4 heteroatoms. The molecule has 18 heavy (non-hydrogen) atoms. The molecule has 1 amide bonds. The van der Waals surface area contributed by atoms with Crippen molar-refractivity contribution in [2.75, 3.05) is 18.4 Å². The van der Waals surface area contributed by atoms with Crippen LogP contribution < -0.4 is 0 Å². The van der Waals surface area contributed by atoms with E-state index in [0.29, 0.717) is 5.33 Å². The number of halogens is 2. The summed E-state index contributed by atoms with van der Waals surface area (Å²) >= 11 is 5.57. The number of benzene rings is 1. The van der Waals surface area contributed by atoms with Gasteiger partial charge in [-0.2, -0.15) is 0 Å². The van der Waals surface area contributed by atoms with Crippen molar-refractivity contribution in [3.63, 3.8) is 0 Å². The summed E-state index contributed by atoms with van der Waals surface area (Å²) in [6, 6.07) is 8.77. The summed E-state index contributed by atoms with van der Waals surface area (Å²) in [6.45, 7) is 1.83. The Bertz CT molecular complexity index is 399. The predicted molar refractivity (Wildman–Crippen MR) is 86.0 cm³/mol. The van der Waals surface area contributed by atoms with Gasteiger partial charge in [-0.15, -0.1) is 0 Å². The maximum Gasteiger partial charge on any atom is 0.233 e. The van der Waals surface area contributed by atoms with Crippen LogP contribution >= 0.6 is 38.5 Å². The summed E-state index contributed by atoms with van der Waals surface area (Å²) in [6.07, 6.45) is 3.41. The summed E-state index contributed by atoms with van der Waals surface area (Å²) in [5, 5.41) is 0.453. The van der Waals surface area contributed by atoms with Crippen LogP contribution in [0.4, 0.5) is 0 Å². The van der Waals surface area contributed by atoms with E-state index in [0.717, 1.165) is 38.3 Å². The standard InChI is InChI=1S/C14H17BrINO/c15-10-14(18)17-7-5-12(6-8-17)9-11-1-3-13(16)4-2-11/h1-4,12H,5-10H2. The molecule has 1 heterocycles. The fraction of sp³-hybridized carbons (Fsp3) is 0.500. The topological polar surface area (TPSA) is 20.3 Å². The molecule has 0 atom stereocenters. The van der Waals surface area contributed by atoms with Crippen molar-refractivity contribution < 1.29 is 4.79 Å². The zero-order valence-electron chi connectivity index (χ0n) is 10.2. The van der Waals surface area contributed by atoms with E-state index in [1.807, 2.05) is 4.90 Å². The van der Waals surface area contributed by atoms with Crippen molar-refractivity contribution in [3.05, 3.63) is 33.4 Å². The first kappa shape index (κ1) is 14.3. The highest BCUT2D eigenvalue weighted by atomic mass is 127. The third-order valence-electron chi connectivity index (χ3n) is 3.52. The van der Waals surface area contributed by atoms with E-state index in [1.165, 1.54) is 9.13 Å². The number of likely N-dealkylation sites (tertiary alicyclic amines) is 1. The number of amides is 1. The number of hydrogen-bond acceptors (Lipinski definition) is 1. The van der Waals surface area contributed by atoms with E-state index in [-0.39, 0.29) is 5.91 Å². The van der Waals surface area contributed by atoms with E-state index in [9.17, 15) is 4.79 Å². The van der Waals surface area contributed by atoms with Crippen LogP contribution in [-0.2, 0) is 11.2 Å². The predicted octanol–water partition coefficient (Wildman–Crippen LogP) is 3.47. The van der Waals surface area contributed by atoms with Crippen LogP contribution in [0.2, 0.25) is 0 Å². The van der Waals surface area contributed by atoms with Crippen molar-refractivity contribution in [3.8, 4) is 0 Å². The molecule has 0 radical (unpaired) electrons. The lowest BCUT2D eigenvalue weighted by Gasteiger charge is -2.31. The number of hydrogen-bond donors (Lipinski definition) is 0. The van der Waals surface area contributed by atoms with Gasteiger partial charge in [0, 0.05) is 16.7 Å². The Kier molecular flexibility index (Phi) is 5.48. The maximum atomic E-state index is 11.5. The average Bonchev–Trinajstić information content (AvgIpc) is 2.41. The lowest BCUT2D eigenvalue weighted by atomic mass is 9.90. The van der Waals surface area contributed by atoms with Gasteiger partial charge in [0.15, 0.2) is 0 Å². The molecule has 1 aromatic carbocycles. The molecule has 1 saturated heterocycles. The fourth-order valence-electron chi connectivity index (χ4n) is 2.42. The first-order chi connectivity index (χ1) is 8.69. The molecule has 1 aliphatic rings. The second kappa shape index (κ2) is 6.89. The van der Waals surface area contributed by atoms with Crippen LogP contribution in [0.5, 0.6) is 0 Å². The Labute approximate surface area is 130 Å². The van der Waals surface area contributed by atoms with Gasteiger partial charge in [-0.05, 0) is 65.5 Å². The molecule has 0 aliphatic carbocycles. The summed E-state index contributed by atoms with van der Waals surface area (Å²) in [4.78, 5) is 13.5. The number of alkyl halides is 1. The Morgan fingerprint density at radius 3 is 2.44 bits per heavy atom. The van der Waals surface area contributed by atoms with Crippen molar-refractivity contribution >= 4 is 44.4 Å². The van der Waals surface area contributed by atoms with E-state index >= 15 is 0 Å². The minimum atomic E-state index is 0.225. The molecular weight excluding hydrogens is 405 g/mol. The van der Waals surface area contributed by atoms with Crippen molar-refractivity contribution in [2.45, 2.75) is 19.3 Å². The third-order valence-corrected chi connectivity index (χ3v) is 4.72. The van der Waals surface area contributed by atoms with Gasteiger partial charge in [0.1, 0.15) is 0 Å².